The molecule has 3 aromatic heterocycles. The van der Waals surface area contributed by atoms with Gasteiger partial charge < -0.3 is 10.1 Å². The highest BCUT2D eigenvalue weighted by atomic mass is 32.2. The number of anilines is 1. The van der Waals surface area contributed by atoms with Crippen molar-refractivity contribution in [3.05, 3.63) is 23.0 Å². The molecule has 1 saturated carbocycles. The third kappa shape index (κ3) is 5.65. The van der Waals surface area contributed by atoms with Gasteiger partial charge in [-0.15, -0.1) is 10.2 Å². The van der Waals surface area contributed by atoms with Crippen molar-refractivity contribution in [1.29, 1.82) is 0 Å². The number of fused-ring (bicyclic) bond motifs is 1. The van der Waals surface area contributed by atoms with Crippen LogP contribution in [0.1, 0.15) is 64.1 Å². The maximum absolute atomic E-state index is 13.2. The molecule has 0 amide bonds. The fourth-order valence-corrected chi connectivity index (χ4v) is 5.80. The molecule has 0 bridgehead atoms. The first kappa shape index (κ1) is 26.4. The summed E-state index contributed by atoms with van der Waals surface area (Å²) in [7, 11) is -2.26. The molecule has 0 aliphatic heterocycles. The second-order valence-electron chi connectivity index (χ2n) is 9.94. The number of imidazole rings is 1. The lowest BCUT2D eigenvalue weighted by atomic mass is 10.1. The average molecular weight is 543 g/mol. The van der Waals surface area contributed by atoms with E-state index in [4.69, 9.17) is 4.74 Å². The first-order chi connectivity index (χ1) is 16.7. The zero-order valence-corrected chi connectivity index (χ0v) is 22.2. The van der Waals surface area contributed by atoms with Crippen molar-refractivity contribution in [2.24, 2.45) is 0 Å². The minimum absolute atomic E-state index is 0.0188. The van der Waals surface area contributed by atoms with E-state index in [-0.39, 0.29) is 28.6 Å². The molecule has 0 atom stereocenters. The SMILES string of the molecule is CNc1cc(S(=O)(=O)NC2(C)CC2)cn2c(-c3nnc(C(F)F)s3)nc(CCC(=O)OC(C)(C)C)c12. The third-order valence-electron chi connectivity index (χ3n) is 5.55. The number of hydrogen-bond acceptors (Lipinski definition) is 9. The Bertz CT molecular complexity index is 1410. The molecule has 0 spiro atoms. The summed E-state index contributed by atoms with van der Waals surface area (Å²) in [6, 6.07) is 1.48. The van der Waals surface area contributed by atoms with E-state index >= 15 is 0 Å². The molecule has 14 heteroatoms. The number of carbonyl (C=O) groups excluding carboxylic acids is 1. The summed E-state index contributed by atoms with van der Waals surface area (Å²) in [4.78, 5) is 16.9. The lowest BCUT2D eigenvalue weighted by Gasteiger charge is -2.19. The molecule has 0 radical (unpaired) electrons. The molecule has 1 fully saturated rings. The van der Waals surface area contributed by atoms with Crippen LogP contribution >= 0.6 is 11.3 Å². The van der Waals surface area contributed by atoms with Crippen LogP contribution in [-0.4, -0.2) is 52.2 Å². The maximum atomic E-state index is 13.2. The van der Waals surface area contributed by atoms with Crippen molar-refractivity contribution in [2.45, 2.75) is 75.8 Å². The van der Waals surface area contributed by atoms with Gasteiger partial charge in [0.25, 0.3) is 6.43 Å². The second-order valence-corrected chi connectivity index (χ2v) is 12.6. The van der Waals surface area contributed by atoms with Gasteiger partial charge in [0.1, 0.15) is 10.5 Å². The van der Waals surface area contributed by atoms with Gasteiger partial charge in [0.2, 0.25) is 10.0 Å². The Kier molecular flexibility index (Phi) is 6.81. The molecule has 3 aromatic rings. The Morgan fingerprint density at radius 2 is 2.00 bits per heavy atom. The molecule has 10 nitrogen and oxygen atoms in total. The number of esters is 1. The number of aryl methyl sites for hydroxylation is 1. The van der Waals surface area contributed by atoms with Gasteiger partial charge in [-0.1, -0.05) is 11.3 Å². The monoisotopic (exact) mass is 542 g/mol. The van der Waals surface area contributed by atoms with Crippen LogP contribution in [0.2, 0.25) is 0 Å². The molecule has 1 aliphatic carbocycles. The molecule has 3 heterocycles. The molecule has 2 N–H and O–H groups in total. The van der Waals surface area contributed by atoms with Crippen molar-refractivity contribution in [1.82, 2.24) is 24.3 Å². The zero-order chi connectivity index (χ0) is 26.5. The van der Waals surface area contributed by atoms with Crippen LogP contribution in [-0.2, 0) is 26.0 Å². The van der Waals surface area contributed by atoms with Gasteiger partial charge in [-0.25, -0.2) is 26.9 Å². The van der Waals surface area contributed by atoms with Crippen LogP contribution in [0.3, 0.4) is 0 Å². The number of nitrogens with zero attached hydrogens (tertiary/aromatic N) is 4. The number of halogens is 2. The summed E-state index contributed by atoms with van der Waals surface area (Å²) >= 11 is 0.669. The van der Waals surface area contributed by atoms with E-state index in [2.05, 4.69) is 25.2 Å². The normalized spacial score (nSPS) is 15.4. The predicted octanol–water partition coefficient (Wildman–Crippen LogP) is 3.94. The number of ether oxygens (including phenoxy) is 1. The van der Waals surface area contributed by atoms with E-state index in [1.165, 1.54) is 16.7 Å². The molecule has 0 aromatic carbocycles. The highest BCUT2D eigenvalue weighted by Gasteiger charge is 2.41. The van der Waals surface area contributed by atoms with Crippen LogP contribution < -0.4 is 10.0 Å². The van der Waals surface area contributed by atoms with E-state index in [9.17, 15) is 22.0 Å². The van der Waals surface area contributed by atoms with E-state index < -0.39 is 38.6 Å². The molecular formula is C22H28F2N6O4S2. The molecular weight excluding hydrogens is 514 g/mol. The molecule has 36 heavy (non-hydrogen) atoms. The molecule has 196 valence electrons. The molecule has 0 saturated heterocycles. The minimum Gasteiger partial charge on any atom is -0.460 e. The Labute approximate surface area is 211 Å². The number of aromatic nitrogens is 4. The van der Waals surface area contributed by atoms with Crippen LogP contribution in [0.25, 0.3) is 16.3 Å². The number of pyridine rings is 1. The van der Waals surface area contributed by atoms with Crippen molar-refractivity contribution in [3.8, 4) is 10.8 Å². The quantitative estimate of drug-likeness (QED) is 0.389. The summed E-state index contributed by atoms with van der Waals surface area (Å²) < 4.78 is 62.3. The number of nitrogens with one attached hydrogen (secondary N) is 2. The average Bonchev–Trinajstić information content (AvgIpc) is 3.16. The molecule has 0 unspecified atom stereocenters. The summed E-state index contributed by atoms with van der Waals surface area (Å²) in [5.74, 6) is -0.270. The molecule has 1 aliphatic rings. The van der Waals surface area contributed by atoms with Gasteiger partial charge in [0.15, 0.2) is 15.8 Å². The highest BCUT2D eigenvalue weighted by Crippen LogP contribution is 2.37. The summed E-state index contributed by atoms with van der Waals surface area (Å²) in [5, 5.41) is 10.0. The fourth-order valence-electron chi connectivity index (χ4n) is 3.63. The van der Waals surface area contributed by atoms with Crippen molar-refractivity contribution >= 4 is 38.5 Å². The van der Waals surface area contributed by atoms with Gasteiger partial charge in [0.05, 0.1) is 23.3 Å². The van der Waals surface area contributed by atoms with Gasteiger partial charge in [0, 0.05) is 25.2 Å². The van der Waals surface area contributed by atoms with Gasteiger partial charge in [-0.3, -0.25) is 9.20 Å². The zero-order valence-electron chi connectivity index (χ0n) is 20.6. The Morgan fingerprint density at radius 3 is 2.56 bits per heavy atom. The summed E-state index contributed by atoms with van der Waals surface area (Å²) in [6.07, 6.45) is 0.245. The Balaban J connectivity index is 1.82. The van der Waals surface area contributed by atoms with Crippen LogP contribution in [0.5, 0.6) is 0 Å². The van der Waals surface area contributed by atoms with E-state index in [0.29, 0.717) is 28.2 Å². The largest absolute Gasteiger partial charge is 0.460 e. The van der Waals surface area contributed by atoms with Crippen LogP contribution in [0.4, 0.5) is 14.5 Å². The second kappa shape index (κ2) is 9.30. The van der Waals surface area contributed by atoms with Crippen LogP contribution in [0, 0.1) is 0 Å². The van der Waals surface area contributed by atoms with Gasteiger partial charge in [-0.05, 0) is 46.6 Å². The third-order valence-corrected chi connectivity index (χ3v) is 8.08. The number of alkyl halides is 2. The lowest BCUT2D eigenvalue weighted by molar-refractivity contribution is -0.154. The van der Waals surface area contributed by atoms with Crippen molar-refractivity contribution < 1.29 is 26.7 Å². The highest BCUT2D eigenvalue weighted by molar-refractivity contribution is 7.89. The van der Waals surface area contributed by atoms with Crippen LogP contribution in [0.15, 0.2) is 17.2 Å². The van der Waals surface area contributed by atoms with E-state index in [0.717, 1.165) is 12.8 Å². The summed E-state index contributed by atoms with van der Waals surface area (Å²) in [5.41, 5.74) is 0.258. The minimum atomic E-state index is -3.89. The van der Waals surface area contributed by atoms with Crippen molar-refractivity contribution in [2.75, 3.05) is 12.4 Å². The Morgan fingerprint density at radius 1 is 1.31 bits per heavy atom. The number of sulfonamides is 1. The number of carbonyl (C=O) groups is 1. The number of hydrogen-bond donors (Lipinski definition) is 2. The van der Waals surface area contributed by atoms with Gasteiger partial charge >= 0.3 is 5.97 Å². The Hall–Kier alpha value is -2.71. The van der Waals surface area contributed by atoms with E-state index in [1.807, 2.05) is 6.92 Å². The molecule has 4 rings (SSSR count). The predicted molar refractivity (Wildman–Crippen MR) is 131 cm³/mol. The first-order valence-electron chi connectivity index (χ1n) is 11.3. The van der Waals surface area contributed by atoms with Crippen molar-refractivity contribution in [3.63, 3.8) is 0 Å². The maximum Gasteiger partial charge on any atom is 0.306 e. The van der Waals surface area contributed by atoms with E-state index in [1.54, 1.807) is 27.8 Å². The smallest absolute Gasteiger partial charge is 0.306 e. The fraction of sp³-hybridized carbons (Fsp3) is 0.545. The summed E-state index contributed by atoms with van der Waals surface area (Å²) in [6.45, 7) is 7.12. The lowest BCUT2D eigenvalue weighted by Crippen LogP contribution is -2.34. The topological polar surface area (TPSA) is 128 Å². The standard InChI is InChI=1S/C22H28F2N6O4S2/c1-21(2,3)34-15(31)7-6-13-16-14(25-5)10-12(36(32,33)29-22(4)8-9-22)11-30(16)18(26-13)20-28-27-19(35-20)17(23)24/h10-11,17,25,29H,6-9H2,1-5H3. The number of rotatable bonds is 9. The first-order valence-corrected chi connectivity index (χ1v) is 13.6. The van der Waals surface area contributed by atoms with Gasteiger partial charge in [-0.2, -0.15) is 0 Å².